The molecule has 1 unspecified atom stereocenters. The van der Waals surface area contributed by atoms with Crippen LogP contribution in [0.15, 0.2) is 0 Å². The van der Waals surface area contributed by atoms with Crippen LogP contribution in [0.4, 0.5) is 0 Å². The summed E-state index contributed by atoms with van der Waals surface area (Å²) < 4.78 is 33.9. The molecule has 0 aliphatic heterocycles. The minimum Gasteiger partial charge on any atom is -0.383 e. The van der Waals surface area contributed by atoms with Crippen molar-refractivity contribution in [3.63, 3.8) is 0 Å². The molecular formula is C8H19NO4S. The van der Waals surface area contributed by atoms with Crippen molar-refractivity contribution >= 4 is 10.0 Å². The minimum atomic E-state index is -3.19. The molecule has 1 atom stereocenters. The highest BCUT2D eigenvalue weighted by Crippen LogP contribution is 2.05. The van der Waals surface area contributed by atoms with Gasteiger partial charge in [0, 0.05) is 26.8 Å². The molecule has 0 amide bonds. The Labute approximate surface area is 86.0 Å². The molecule has 0 heterocycles. The van der Waals surface area contributed by atoms with E-state index in [9.17, 15) is 8.42 Å². The Morgan fingerprint density at radius 2 is 1.86 bits per heavy atom. The third-order valence-corrected chi connectivity index (χ3v) is 3.24. The largest absolute Gasteiger partial charge is 0.383 e. The van der Waals surface area contributed by atoms with E-state index in [0.717, 1.165) is 0 Å². The van der Waals surface area contributed by atoms with Crippen LogP contribution in [0, 0.1) is 0 Å². The monoisotopic (exact) mass is 225 g/mol. The van der Waals surface area contributed by atoms with Gasteiger partial charge >= 0.3 is 0 Å². The number of sulfonamides is 1. The summed E-state index contributed by atoms with van der Waals surface area (Å²) in [6.07, 6.45) is 1.19. The first kappa shape index (κ1) is 13.8. The van der Waals surface area contributed by atoms with E-state index in [1.165, 1.54) is 10.6 Å². The van der Waals surface area contributed by atoms with Gasteiger partial charge in [-0.05, 0) is 6.92 Å². The van der Waals surface area contributed by atoms with Gasteiger partial charge in [0.15, 0.2) is 0 Å². The first-order valence-electron chi connectivity index (χ1n) is 4.38. The lowest BCUT2D eigenvalue weighted by molar-refractivity contribution is 0.119. The molecule has 0 saturated carbocycles. The fourth-order valence-corrected chi connectivity index (χ4v) is 2.34. The minimum absolute atomic E-state index is 0.162. The topological polar surface area (TPSA) is 55.8 Å². The highest BCUT2D eigenvalue weighted by molar-refractivity contribution is 7.88. The number of rotatable bonds is 7. The van der Waals surface area contributed by atoms with Gasteiger partial charge in [-0.2, -0.15) is 4.31 Å². The van der Waals surface area contributed by atoms with E-state index in [1.807, 2.05) is 0 Å². The predicted octanol–water partition coefficient (Wildman–Crippen LogP) is -0.0707. The third kappa shape index (κ3) is 4.90. The molecule has 0 radical (unpaired) electrons. The van der Waals surface area contributed by atoms with Gasteiger partial charge in [0.05, 0.1) is 19.5 Å². The van der Waals surface area contributed by atoms with Crippen molar-refractivity contribution in [3.8, 4) is 0 Å². The summed E-state index contributed by atoms with van der Waals surface area (Å²) >= 11 is 0. The maximum absolute atomic E-state index is 11.4. The van der Waals surface area contributed by atoms with Crippen molar-refractivity contribution in [1.82, 2.24) is 4.31 Å². The maximum Gasteiger partial charge on any atom is 0.211 e. The van der Waals surface area contributed by atoms with Gasteiger partial charge in [0.25, 0.3) is 0 Å². The molecule has 0 spiro atoms. The smallest absolute Gasteiger partial charge is 0.211 e. The molecule has 0 aliphatic carbocycles. The van der Waals surface area contributed by atoms with Crippen molar-refractivity contribution in [2.75, 3.05) is 40.2 Å². The molecule has 14 heavy (non-hydrogen) atoms. The Balaban J connectivity index is 4.39. The third-order valence-electron chi connectivity index (χ3n) is 1.84. The van der Waals surface area contributed by atoms with E-state index in [0.29, 0.717) is 19.8 Å². The molecule has 0 aliphatic rings. The summed E-state index contributed by atoms with van der Waals surface area (Å²) in [6.45, 7) is 2.94. The van der Waals surface area contributed by atoms with Crippen LogP contribution in [0.1, 0.15) is 6.92 Å². The molecule has 6 heteroatoms. The predicted molar refractivity (Wildman–Crippen MR) is 54.8 cm³/mol. The first-order chi connectivity index (χ1) is 6.43. The number of nitrogens with zero attached hydrogens (tertiary/aromatic N) is 1. The number of methoxy groups -OCH3 is 2. The molecule has 86 valence electrons. The van der Waals surface area contributed by atoms with Gasteiger partial charge in [0.2, 0.25) is 10.0 Å². The van der Waals surface area contributed by atoms with E-state index in [2.05, 4.69) is 0 Å². The molecule has 5 nitrogen and oxygen atoms in total. The van der Waals surface area contributed by atoms with Crippen LogP contribution in [0.2, 0.25) is 0 Å². The standard InChI is InChI=1S/C8H19NO4S/c1-8(7-13-3)9(5-6-12-2)14(4,10)11/h8H,5-7H2,1-4H3. The van der Waals surface area contributed by atoms with Gasteiger partial charge in [-0.15, -0.1) is 0 Å². The summed E-state index contributed by atoms with van der Waals surface area (Å²) in [4.78, 5) is 0. The number of hydrogen-bond acceptors (Lipinski definition) is 4. The summed E-state index contributed by atoms with van der Waals surface area (Å²) in [6, 6.07) is -0.162. The molecule has 0 rings (SSSR count). The zero-order valence-electron chi connectivity index (χ0n) is 9.19. The molecule has 0 aromatic carbocycles. The van der Waals surface area contributed by atoms with E-state index < -0.39 is 10.0 Å². The van der Waals surface area contributed by atoms with Crippen molar-refractivity contribution in [2.45, 2.75) is 13.0 Å². The van der Waals surface area contributed by atoms with Crippen LogP contribution < -0.4 is 0 Å². The molecule has 0 fully saturated rings. The number of hydrogen-bond donors (Lipinski definition) is 0. The first-order valence-corrected chi connectivity index (χ1v) is 6.23. The second kappa shape index (κ2) is 6.34. The van der Waals surface area contributed by atoms with Crippen LogP contribution in [0.25, 0.3) is 0 Å². The molecule has 0 bridgehead atoms. The van der Waals surface area contributed by atoms with Crippen molar-refractivity contribution < 1.29 is 17.9 Å². The average Bonchev–Trinajstić information content (AvgIpc) is 2.03. The SMILES string of the molecule is COCCN(C(C)COC)S(C)(=O)=O. The van der Waals surface area contributed by atoms with Gasteiger partial charge in [-0.3, -0.25) is 0 Å². The Morgan fingerprint density at radius 1 is 1.29 bits per heavy atom. The lowest BCUT2D eigenvalue weighted by Crippen LogP contribution is -2.42. The molecule has 0 saturated heterocycles. The summed E-state index contributed by atoms with van der Waals surface area (Å²) in [7, 11) is -0.0933. The average molecular weight is 225 g/mol. The van der Waals surface area contributed by atoms with E-state index in [4.69, 9.17) is 9.47 Å². The highest BCUT2D eigenvalue weighted by Gasteiger charge is 2.22. The van der Waals surface area contributed by atoms with Crippen LogP contribution in [0.3, 0.4) is 0 Å². The Kier molecular flexibility index (Phi) is 6.26. The number of ether oxygens (including phenoxy) is 2. The second-order valence-corrected chi connectivity index (χ2v) is 5.11. The Morgan fingerprint density at radius 3 is 2.21 bits per heavy atom. The van der Waals surface area contributed by atoms with Gasteiger partial charge in [0.1, 0.15) is 0 Å². The fraction of sp³-hybridized carbons (Fsp3) is 1.00. The maximum atomic E-state index is 11.4. The van der Waals surface area contributed by atoms with Gasteiger partial charge in [-0.25, -0.2) is 8.42 Å². The summed E-state index contributed by atoms with van der Waals surface area (Å²) in [5.74, 6) is 0. The highest BCUT2D eigenvalue weighted by atomic mass is 32.2. The zero-order chi connectivity index (χ0) is 11.2. The fourth-order valence-electron chi connectivity index (χ4n) is 1.22. The van der Waals surface area contributed by atoms with Crippen molar-refractivity contribution in [2.24, 2.45) is 0 Å². The molecular weight excluding hydrogens is 206 g/mol. The normalized spacial score (nSPS) is 14.6. The molecule has 0 aromatic rings. The van der Waals surface area contributed by atoms with Crippen LogP contribution >= 0.6 is 0 Å². The van der Waals surface area contributed by atoms with E-state index >= 15 is 0 Å². The Hall–Kier alpha value is -0.170. The van der Waals surface area contributed by atoms with Crippen molar-refractivity contribution in [3.05, 3.63) is 0 Å². The van der Waals surface area contributed by atoms with Crippen molar-refractivity contribution in [1.29, 1.82) is 0 Å². The lowest BCUT2D eigenvalue weighted by Gasteiger charge is -2.25. The molecule has 0 aromatic heterocycles. The van der Waals surface area contributed by atoms with Gasteiger partial charge < -0.3 is 9.47 Å². The summed E-state index contributed by atoms with van der Waals surface area (Å²) in [5.41, 5.74) is 0. The summed E-state index contributed by atoms with van der Waals surface area (Å²) in [5, 5.41) is 0. The van der Waals surface area contributed by atoms with E-state index in [-0.39, 0.29) is 6.04 Å². The lowest BCUT2D eigenvalue weighted by atomic mass is 10.3. The van der Waals surface area contributed by atoms with Crippen LogP contribution in [0.5, 0.6) is 0 Å². The zero-order valence-corrected chi connectivity index (χ0v) is 10.0. The van der Waals surface area contributed by atoms with Crippen LogP contribution in [-0.4, -0.2) is 59.0 Å². The molecule has 0 N–H and O–H groups in total. The van der Waals surface area contributed by atoms with Gasteiger partial charge in [-0.1, -0.05) is 0 Å². The second-order valence-electron chi connectivity index (χ2n) is 3.17. The Bertz CT molecular complexity index is 240. The van der Waals surface area contributed by atoms with Crippen LogP contribution in [-0.2, 0) is 19.5 Å². The van der Waals surface area contributed by atoms with E-state index in [1.54, 1.807) is 21.1 Å². The quantitative estimate of drug-likeness (QED) is 0.608.